The van der Waals surface area contributed by atoms with Gasteiger partial charge in [0.15, 0.2) is 0 Å². The van der Waals surface area contributed by atoms with Crippen LogP contribution in [-0.4, -0.2) is 23.2 Å². The molecule has 0 saturated heterocycles. The molecule has 0 spiro atoms. The zero-order valence-electron chi connectivity index (χ0n) is 15.0. The summed E-state index contributed by atoms with van der Waals surface area (Å²) in [6.07, 6.45) is -2.87. The van der Waals surface area contributed by atoms with Crippen molar-refractivity contribution >= 4 is 23.5 Å². The zero-order chi connectivity index (χ0) is 20.3. The van der Waals surface area contributed by atoms with Crippen LogP contribution in [0, 0.1) is 5.92 Å². The molecule has 0 aliphatic heterocycles. The minimum atomic E-state index is -4.77. The van der Waals surface area contributed by atoms with Gasteiger partial charge < -0.3 is 15.4 Å². The Morgan fingerprint density at radius 2 is 1.68 bits per heavy atom. The van der Waals surface area contributed by atoms with Crippen LogP contribution in [0.25, 0.3) is 11.1 Å². The fraction of sp³-hybridized carbons (Fsp3) is 0.316. The smallest absolute Gasteiger partial charge is 0.406 e. The van der Waals surface area contributed by atoms with Gasteiger partial charge in [0.1, 0.15) is 17.4 Å². The van der Waals surface area contributed by atoms with Crippen LogP contribution in [0.5, 0.6) is 5.75 Å². The van der Waals surface area contributed by atoms with Crippen LogP contribution in [0.3, 0.4) is 0 Å². The maximum atomic E-state index is 12.3. The van der Waals surface area contributed by atoms with Gasteiger partial charge in [-0.2, -0.15) is 0 Å². The summed E-state index contributed by atoms with van der Waals surface area (Å²) in [6, 6.07) is 8.47. The molecule has 2 amide bonds. The van der Waals surface area contributed by atoms with Crippen molar-refractivity contribution in [3.05, 3.63) is 36.4 Å². The first-order chi connectivity index (χ1) is 13.2. The number of ether oxygens (including phenoxy) is 1. The highest BCUT2D eigenvalue weighted by Crippen LogP contribution is 2.32. The van der Waals surface area contributed by atoms with Gasteiger partial charge in [0, 0.05) is 12.3 Å². The van der Waals surface area contributed by atoms with E-state index >= 15 is 0 Å². The number of carbonyl (C=O) groups excluding carboxylic acids is 2. The molecule has 1 saturated carbocycles. The van der Waals surface area contributed by atoms with Gasteiger partial charge in [-0.3, -0.25) is 9.59 Å². The SMILES string of the molecule is CCC(=O)Nc1cc(-c2ccc(OC(F)(F)F)cc2)cc(NC(=O)C2CC2)n1. The summed E-state index contributed by atoms with van der Waals surface area (Å²) in [5, 5.41) is 5.34. The Balaban J connectivity index is 1.88. The molecule has 1 fully saturated rings. The number of nitrogens with one attached hydrogen (secondary N) is 2. The van der Waals surface area contributed by atoms with Crippen LogP contribution < -0.4 is 15.4 Å². The lowest BCUT2D eigenvalue weighted by atomic mass is 10.1. The van der Waals surface area contributed by atoms with Crippen molar-refractivity contribution in [2.45, 2.75) is 32.5 Å². The highest BCUT2D eigenvalue weighted by Gasteiger charge is 2.31. The minimum Gasteiger partial charge on any atom is -0.406 e. The lowest BCUT2D eigenvalue weighted by molar-refractivity contribution is -0.274. The van der Waals surface area contributed by atoms with E-state index < -0.39 is 6.36 Å². The topological polar surface area (TPSA) is 80.3 Å². The second kappa shape index (κ2) is 7.87. The quantitative estimate of drug-likeness (QED) is 0.765. The molecule has 0 unspecified atom stereocenters. The molecule has 1 aliphatic carbocycles. The van der Waals surface area contributed by atoms with Crippen LogP contribution in [-0.2, 0) is 9.59 Å². The highest BCUT2D eigenvalue weighted by atomic mass is 19.4. The predicted molar refractivity (Wildman–Crippen MR) is 96.6 cm³/mol. The first-order valence-electron chi connectivity index (χ1n) is 8.72. The number of carbonyl (C=O) groups is 2. The first kappa shape index (κ1) is 19.7. The van der Waals surface area contributed by atoms with E-state index in [9.17, 15) is 22.8 Å². The number of hydrogen-bond acceptors (Lipinski definition) is 4. The number of rotatable bonds is 6. The second-order valence-corrected chi connectivity index (χ2v) is 6.36. The average Bonchev–Trinajstić information content (AvgIpc) is 3.46. The van der Waals surface area contributed by atoms with Gasteiger partial charge in [-0.25, -0.2) is 4.98 Å². The van der Waals surface area contributed by atoms with Crippen LogP contribution in [0.4, 0.5) is 24.8 Å². The Labute approximate surface area is 159 Å². The normalized spacial score (nSPS) is 13.7. The van der Waals surface area contributed by atoms with Gasteiger partial charge in [-0.15, -0.1) is 13.2 Å². The Hall–Kier alpha value is -3.10. The maximum absolute atomic E-state index is 12.3. The molecule has 148 valence electrons. The van der Waals surface area contributed by atoms with Gasteiger partial charge >= 0.3 is 6.36 Å². The standard InChI is InChI=1S/C19H18F3N3O3/c1-2-17(26)24-15-9-13(10-16(23-15)25-18(27)12-3-4-12)11-5-7-14(8-6-11)28-19(20,21)22/h5-10,12H,2-4H2,1H3,(H2,23,24,25,26,27). The summed E-state index contributed by atoms with van der Waals surface area (Å²) >= 11 is 0. The number of anilines is 2. The third-order valence-electron chi connectivity index (χ3n) is 4.03. The van der Waals surface area contributed by atoms with Gasteiger partial charge in [-0.1, -0.05) is 19.1 Å². The summed E-state index contributed by atoms with van der Waals surface area (Å²) < 4.78 is 40.8. The molecule has 1 aromatic heterocycles. The molecule has 2 aromatic rings. The van der Waals surface area contributed by atoms with Crippen LogP contribution in [0.15, 0.2) is 36.4 Å². The molecule has 1 aliphatic rings. The number of aromatic nitrogens is 1. The van der Waals surface area contributed by atoms with Crippen LogP contribution >= 0.6 is 0 Å². The molecule has 0 radical (unpaired) electrons. The molecule has 3 rings (SSSR count). The summed E-state index contributed by atoms with van der Waals surface area (Å²) in [7, 11) is 0. The number of hydrogen-bond donors (Lipinski definition) is 2. The van der Waals surface area contributed by atoms with E-state index in [1.54, 1.807) is 19.1 Å². The third-order valence-corrected chi connectivity index (χ3v) is 4.03. The Morgan fingerprint density at radius 3 is 2.21 bits per heavy atom. The van der Waals surface area contributed by atoms with E-state index in [0.29, 0.717) is 11.1 Å². The molecule has 1 heterocycles. The van der Waals surface area contributed by atoms with Crippen molar-refractivity contribution in [1.82, 2.24) is 4.98 Å². The first-order valence-corrected chi connectivity index (χ1v) is 8.72. The number of nitrogens with zero attached hydrogens (tertiary/aromatic N) is 1. The van der Waals surface area contributed by atoms with Crippen molar-refractivity contribution < 1.29 is 27.5 Å². The Morgan fingerprint density at radius 1 is 1.07 bits per heavy atom. The molecule has 0 bridgehead atoms. The Kier molecular flexibility index (Phi) is 5.53. The molecule has 9 heteroatoms. The van der Waals surface area contributed by atoms with E-state index in [0.717, 1.165) is 12.8 Å². The second-order valence-electron chi connectivity index (χ2n) is 6.36. The Bertz CT molecular complexity index is 878. The summed E-state index contributed by atoms with van der Waals surface area (Å²) in [4.78, 5) is 28.0. The van der Waals surface area contributed by atoms with Crippen molar-refractivity contribution in [3.63, 3.8) is 0 Å². The van der Waals surface area contributed by atoms with Crippen molar-refractivity contribution in [1.29, 1.82) is 0 Å². The number of amides is 2. The number of alkyl halides is 3. The lowest BCUT2D eigenvalue weighted by Gasteiger charge is -2.12. The minimum absolute atomic E-state index is 0.0297. The van der Waals surface area contributed by atoms with Crippen molar-refractivity contribution in [2.24, 2.45) is 5.92 Å². The van der Waals surface area contributed by atoms with Crippen LogP contribution in [0.1, 0.15) is 26.2 Å². The molecule has 0 atom stereocenters. The van der Waals surface area contributed by atoms with Crippen LogP contribution in [0.2, 0.25) is 0 Å². The van der Waals surface area contributed by atoms with E-state index in [1.807, 2.05) is 0 Å². The molecule has 2 N–H and O–H groups in total. The summed E-state index contributed by atoms with van der Waals surface area (Å²) in [5.74, 6) is -0.267. The van der Waals surface area contributed by atoms with E-state index in [-0.39, 0.29) is 41.5 Å². The van der Waals surface area contributed by atoms with Gasteiger partial charge in [0.25, 0.3) is 0 Å². The number of pyridine rings is 1. The largest absolute Gasteiger partial charge is 0.573 e. The zero-order valence-corrected chi connectivity index (χ0v) is 15.0. The molecule has 28 heavy (non-hydrogen) atoms. The lowest BCUT2D eigenvalue weighted by Crippen LogP contribution is -2.17. The van der Waals surface area contributed by atoms with Crippen molar-refractivity contribution in [3.8, 4) is 16.9 Å². The highest BCUT2D eigenvalue weighted by molar-refractivity contribution is 5.95. The van der Waals surface area contributed by atoms with E-state index in [4.69, 9.17) is 0 Å². The molecule has 1 aromatic carbocycles. The summed E-state index contributed by atoms with van der Waals surface area (Å²) in [6.45, 7) is 1.69. The fourth-order valence-electron chi connectivity index (χ4n) is 2.48. The number of benzene rings is 1. The summed E-state index contributed by atoms with van der Waals surface area (Å²) in [5.41, 5.74) is 1.15. The average molecular weight is 393 g/mol. The van der Waals surface area contributed by atoms with Crippen molar-refractivity contribution in [2.75, 3.05) is 10.6 Å². The molecular weight excluding hydrogens is 375 g/mol. The third kappa shape index (κ3) is 5.45. The maximum Gasteiger partial charge on any atom is 0.573 e. The fourth-order valence-corrected chi connectivity index (χ4v) is 2.48. The van der Waals surface area contributed by atoms with E-state index in [2.05, 4.69) is 20.4 Å². The monoisotopic (exact) mass is 393 g/mol. The predicted octanol–water partition coefficient (Wildman–Crippen LogP) is 4.34. The molecule has 6 nitrogen and oxygen atoms in total. The van der Waals surface area contributed by atoms with Gasteiger partial charge in [-0.05, 0) is 48.2 Å². The van der Waals surface area contributed by atoms with Gasteiger partial charge in [0.05, 0.1) is 0 Å². The number of halogens is 3. The van der Waals surface area contributed by atoms with Gasteiger partial charge in [0.2, 0.25) is 11.8 Å². The molecular formula is C19H18F3N3O3. The van der Waals surface area contributed by atoms with E-state index in [1.165, 1.54) is 24.3 Å².